The predicted octanol–water partition coefficient (Wildman–Crippen LogP) is 2.41. The van der Waals surface area contributed by atoms with E-state index in [4.69, 9.17) is 0 Å². The SMILES string of the molecule is O=C(C1CCCCC1)N1CCN(CC2(O)CCCCC2)CC1. The molecule has 0 radical (unpaired) electrons. The lowest BCUT2D eigenvalue weighted by atomic mass is 9.84. The molecule has 4 nitrogen and oxygen atoms in total. The largest absolute Gasteiger partial charge is 0.389 e. The zero-order valence-electron chi connectivity index (χ0n) is 13.9. The summed E-state index contributed by atoms with van der Waals surface area (Å²) in [7, 11) is 0. The lowest BCUT2D eigenvalue weighted by Crippen LogP contribution is -2.54. The molecule has 22 heavy (non-hydrogen) atoms. The minimum atomic E-state index is -0.464. The number of hydrogen-bond acceptors (Lipinski definition) is 3. The Bertz CT molecular complexity index is 365. The van der Waals surface area contributed by atoms with Crippen molar-refractivity contribution in [1.29, 1.82) is 0 Å². The number of aliphatic hydroxyl groups is 1. The summed E-state index contributed by atoms with van der Waals surface area (Å²) >= 11 is 0. The van der Waals surface area contributed by atoms with Gasteiger partial charge in [0.05, 0.1) is 5.60 Å². The minimum Gasteiger partial charge on any atom is -0.389 e. The van der Waals surface area contributed by atoms with E-state index in [0.717, 1.165) is 71.2 Å². The maximum Gasteiger partial charge on any atom is 0.225 e. The zero-order chi connectivity index (χ0) is 15.4. The van der Waals surface area contributed by atoms with Gasteiger partial charge in [0.1, 0.15) is 0 Å². The Balaban J connectivity index is 1.44. The molecule has 1 aliphatic heterocycles. The van der Waals surface area contributed by atoms with E-state index in [1.54, 1.807) is 0 Å². The predicted molar refractivity (Wildman–Crippen MR) is 87.6 cm³/mol. The Labute approximate surface area is 134 Å². The quantitative estimate of drug-likeness (QED) is 0.871. The van der Waals surface area contributed by atoms with Crippen molar-refractivity contribution < 1.29 is 9.90 Å². The van der Waals surface area contributed by atoms with Crippen LogP contribution in [0.5, 0.6) is 0 Å². The fraction of sp³-hybridized carbons (Fsp3) is 0.944. The van der Waals surface area contributed by atoms with Crippen LogP contribution in [0.25, 0.3) is 0 Å². The maximum absolute atomic E-state index is 12.6. The second-order valence-electron chi connectivity index (χ2n) is 7.72. The zero-order valence-corrected chi connectivity index (χ0v) is 13.9. The first kappa shape index (κ1) is 16.3. The third-order valence-electron chi connectivity index (χ3n) is 5.94. The van der Waals surface area contributed by atoms with Crippen LogP contribution in [0, 0.1) is 5.92 Å². The highest BCUT2D eigenvalue weighted by molar-refractivity contribution is 5.79. The molecule has 126 valence electrons. The summed E-state index contributed by atoms with van der Waals surface area (Å²) in [5, 5.41) is 10.7. The number of hydrogen-bond donors (Lipinski definition) is 1. The Morgan fingerprint density at radius 3 is 2.14 bits per heavy atom. The summed E-state index contributed by atoms with van der Waals surface area (Å²) in [5.74, 6) is 0.693. The van der Waals surface area contributed by atoms with Crippen molar-refractivity contribution in [2.45, 2.75) is 69.8 Å². The van der Waals surface area contributed by atoms with Gasteiger partial charge in [-0.2, -0.15) is 0 Å². The molecule has 2 aliphatic carbocycles. The number of carbonyl (C=O) groups is 1. The van der Waals surface area contributed by atoms with E-state index in [0.29, 0.717) is 11.8 Å². The first-order valence-electron chi connectivity index (χ1n) is 9.40. The molecule has 0 aromatic rings. The van der Waals surface area contributed by atoms with Gasteiger partial charge in [-0.3, -0.25) is 9.69 Å². The van der Waals surface area contributed by atoms with Gasteiger partial charge < -0.3 is 10.0 Å². The van der Waals surface area contributed by atoms with Gasteiger partial charge >= 0.3 is 0 Å². The molecule has 4 heteroatoms. The molecule has 1 amide bonds. The van der Waals surface area contributed by atoms with E-state index in [9.17, 15) is 9.90 Å². The third kappa shape index (κ3) is 4.02. The van der Waals surface area contributed by atoms with Crippen LogP contribution in [0.4, 0.5) is 0 Å². The highest BCUT2D eigenvalue weighted by atomic mass is 16.3. The summed E-state index contributed by atoms with van der Waals surface area (Å²) < 4.78 is 0. The smallest absolute Gasteiger partial charge is 0.225 e. The lowest BCUT2D eigenvalue weighted by molar-refractivity contribution is -0.138. The van der Waals surface area contributed by atoms with Gasteiger partial charge in [0.25, 0.3) is 0 Å². The van der Waals surface area contributed by atoms with Crippen LogP contribution in [0.15, 0.2) is 0 Å². The molecule has 3 rings (SSSR count). The summed E-state index contributed by atoms with van der Waals surface area (Å²) in [6, 6.07) is 0. The van der Waals surface area contributed by atoms with Gasteiger partial charge in [0.2, 0.25) is 5.91 Å². The van der Waals surface area contributed by atoms with Crippen molar-refractivity contribution in [3.63, 3.8) is 0 Å². The average Bonchev–Trinajstić information content (AvgIpc) is 2.56. The van der Waals surface area contributed by atoms with Crippen molar-refractivity contribution in [3.05, 3.63) is 0 Å². The topological polar surface area (TPSA) is 43.8 Å². The lowest BCUT2D eigenvalue weighted by Gasteiger charge is -2.41. The molecule has 0 spiro atoms. The standard InChI is InChI=1S/C18H32N2O2/c21-17(16-7-3-1-4-8-16)20-13-11-19(12-14-20)15-18(22)9-5-2-6-10-18/h16,22H,1-15H2. The van der Waals surface area contributed by atoms with Gasteiger partial charge in [-0.25, -0.2) is 0 Å². The second kappa shape index (κ2) is 7.31. The van der Waals surface area contributed by atoms with Crippen LogP contribution in [0.3, 0.4) is 0 Å². The Morgan fingerprint density at radius 2 is 1.50 bits per heavy atom. The minimum absolute atomic E-state index is 0.294. The molecular formula is C18H32N2O2. The van der Waals surface area contributed by atoms with Gasteiger partial charge in [0.15, 0.2) is 0 Å². The Kier molecular flexibility index (Phi) is 5.40. The van der Waals surface area contributed by atoms with Gasteiger partial charge in [-0.05, 0) is 25.7 Å². The molecule has 0 unspecified atom stereocenters. The molecular weight excluding hydrogens is 276 g/mol. The van der Waals surface area contributed by atoms with Gasteiger partial charge in [-0.1, -0.05) is 38.5 Å². The van der Waals surface area contributed by atoms with Crippen LogP contribution in [-0.2, 0) is 4.79 Å². The molecule has 1 heterocycles. The van der Waals surface area contributed by atoms with Crippen LogP contribution in [0.1, 0.15) is 64.2 Å². The molecule has 1 N–H and O–H groups in total. The number of rotatable bonds is 3. The van der Waals surface area contributed by atoms with Crippen LogP contribution < -0.4 is 0 Å². The fourth-order valence-corrected chi connectivity index (χ4v) is 4.52. The fourth-order valence-electron chi connectivity index (χ4n) is 4.52. The molecule has 1 saturated heterocycles. The third-order valence-corrected chi connectivity index (χ3v) is 5.94. The second-order valence-corrected chi connectivity index (χ2v) is 7.72. The van der Waals surface area contributed by atoms with E-state index in [1.807, 2.05) is 0 Å². The first-order valence-corrected chi connectivity index (χ1v) is 9.40. The van der Waals surface area contributed by atoms with E-state index in [2.05, 4.69) is 9.80 Å². The van der Waals surface area contributed by atoms with Crippen molar-refractivity contribution in [2.75, 3.05) is 32.7 Å². The number of amides is 1. The van der Waals surface area contributed by atoms with E-state index in [-0.39, 0.29) is 0 Å². The number of β-amino-alcohol motifs (C(OH)–C–C–N with tert-alkyl or cyclic N) is 1. The molecule has 0 bridgehead atoms. The summed E-state index contributed by atoms with van der Waals surface area (Å²) in [5.41, 5.74) is -0.464. The Morgan fingerprint density at radius 1 is 0.909 bits per heavy atom. The summed E-state index contributed by atoms with van der Waals surface area (Å²) in [6.07, 6.45) is 11.4. The first-order chi connectivity index (χ1) is 10.7. The van der Waals surface area contributed by atoms with Crippen molar-refractivity contribution >= 4 is 5.91 Å². The maximum atomic E-state index is 12.6. The van der Waals surface area contributed by atoms with E-state index >= 15 is 0 Å². The highest BCUT2D eigenvalue weighted by Crippen LogP contribution is 2.29. The number of carbonyl (C=O) groups excluding carboxylic acids is 1. The van der Waals surface area contributed by atoms with Crippen LogP contribution in [0.2, 0.25) is 0 Å². The number of piperazine rings is 1. The van der Waals surface area contributed by atoms with Gasteiger partial charge in [0, 0.05) is 38.6 Å². The molecule has 2 saturated carbocycles. The monoisotopic (exact) mass is 308 g/mol. The summed E-state index contributed by atoms with van der Waals surface area (Å²) in [4.78, 5) is 17.0. The molecule has 3 fully saturated rings. The normalized spacial score (nSPS) is 27.8. The van der Waals surface area contributed by atoms with Crippen molar-refractivity contribution in [3.8, 4) is 0 Å². The number of nitrogens with zero attached hydrogens (tertiary/aromatic N) is 2. The summed E-state index contributed by atoms with van der Waals surface area (Å²) in [6.45, 7) is 4.37. The van der Waals surface area contributed by atoms with E-state index < -0.39 is 5.60 Å². The Hall–Kier alpha value is -0.610. The average molecular weight is 308 g/mol. The van der Waals surface area contributed by atoms with Crippen molar-refractivity contribution in [2.24, 2.45) is 5.92 Å². The molecule has 3 aliphatic rings. The molecule has 0 aromatic heterocycles. The van der Waals surface area contributed by atoms with Crippen molar-refractivity contribution in [1.82, 2.24) is 9.80 Å². The van der Waals surface area contributed by atoms with E-state index in [1.165, 1.54) is 25.7 Å². The van der Waals surface area contributed by atoms with Crippen LogP contribution in [-0.4, -0.2) is 59.1 Å². The van der Waals surface area contributed by atoms with Gasteiger partial charge in [-0.15, -0.1) is 0 Å². The van der Waals surface area contributed by atoms with Crippen LogP contribution >= 0.6 is 0 Å². The molecule has 0 atom stereocenters. The highest BCUT2D eigenvalue weighted by Gasteiger charge is 2.34. The molecule has 0 aromatic carbocycles.